The Bertz CT molecular complexity index is 1520. The minimum Gasteiger partial charge on any atom is -0.497 e. The summed E-state index contributed by atoms with van der Waals surface area (Å²) in [6.45, 7) is 1.88. The number of aromatic nitrogens is 2. The Hall–Kier alpha value is -4.13. The predicted molar refractivity (Wildman–Crippen MR) is 117 cm³/mol. The lowest BCUT2D eigenvalue weighted by molar-refractivity contribution is 0.414. The lowest BCUT2D eigenvalue weighted by atomic mass is 10.1. The van der Waals surface area contributed by atoms with Gasteiger partial charge in [0, 0.05) is 6.07 Å². The van der Waals surface area contributed by atoms with E-state index < -0.39 is 17.0 Å². The Morgan fingerprint density at radius 3 is 2.55 bits per heavy atom. The second kappa shape index (κ2) is 7.28. The Kier molecular flexibility index (Phi) is 4.43. The van der Waals surface area contributed by atoms with Crippen LogP contribution in [0, 0.1) is 0 Å². The summed E-state index contributed by atoms with van der Waals surface area (Å²) >= 11 is 0. The van der Waals surface area contributed by atoms with Crippen LogP contribution in [-0.2, 0) is 0 Å². The van der Waals surface area contributed by atoms with Crippen molar-refractivity contribution in [3.05, 3.63) is 93.1 Å². The van der Waals surface area contributed by atoms with Gasteiger partial charge < -0.3 is 13.6 Å². The molecular weight excluding hydrogens is 396 g/mol. The minimum absolute atomic E-state index is 0.0429. The molecule has 0 amide bonds. The molecule has 0 aliphatic carbocycles. The molecule has 0 spiro atoms. The molecule has 31 heavy (non-hydrogen) atoms. The zero-order valence-electron chi connectivity index (χ0n) is 16.9. The van der Waals surface area contributed by atoms with E-state index in [0.29, 0.717) is 17.1 Å². The molecule has 5 rings (SSSR count). The molecule has 5 aromatic rings. The standard InChI is InChI=1S/C24H18N2O5/c1-14(15-7-4-3-5-8-15)26-22(18-9-6-12-30-18)25-23-20(24(26)28)21(27)17-11-10-16(29-2)13-19(17)31-23/h3-14H,1-2H3. The van der Waals surface area contributed by atoms with Crippen LogP contribution >= 0.6 is 0 Å². The van der Waals surface area contributed by atoms with E-state index in [9.17, 15) is 9.59 Å². The van der Waals surface area contributed by atoms with Gasteiger partial charge in [0.25, 0.3) is 5.56 Å². The molecule has 7 nitrogen and oxygen atoms in total. The summed E-state index contributed by atoms with van der Waals surface area (Å²) in [7, 11) is 1.53. The van der Waals surface area contributed by atoms with E-state index in [4.69, 9.17) is 13.6 Å². The number of hydrogen-bond donors (Lipinski definition) is 0. The lowest BCUT2D eigenvalue weighted by Gasteiger charge is -2.19. The van der Waals surface area contributed by atoms with Crippen molar-refractivity contribution in [1.82, 2.24) is 9.55 Å². The van der Waals surface area contributed by atoms with Crippen LogP contribution in [0.4, 0.5) is 0 Å². The van der Waals surface area contributed by atoms with Crippen LogP contribution in [0.3, 0.4) is 0 Å². The molecular formula is C24H18N2O5. The van der Waals surface area contributed by atoms with Crippen molar-refractivity contribution in [2.75, 3.05) is 7.11 Å². The molecule has 1 unspecified atom stereocenters. The second-order valence-electron chi connectivity index (χ2n) is 7.15. The van der Waals surface area contributed by atoms with Crippen LogP contribution in [0.15, 0.2) is 85.4 Å². The zero-order valence-corrected chi connectivity index (χ0v) is 16.9. The second-order valence-corrected chi connectivity index (χ2v) is 7.15. The first-order valence-electron chi connectivity index (χ1n) is 9.74. The Labute approximate surface area is 176 Å². The molecule has 3 heterocycles. The van der Waals surface area contributed by atoms with Crippen LogP contribution in [0.1, 0.15) is 18.5 Å². The number of methoxy groups -OCH3 is 1. The van der Waals surface area contributed by atoms with E-state index in [0.717, 1.165) is 5.56 Å². The Balaban J connectivity index is 1.89. The molecule has 0 bridgehead atoms. The topological polar surface area (TPSA) is 87.5 Å². The van der Waals surface area contributed by atoms with Crippen LogP contribution in [-0.4, -0.2) is 16.7 Å². The first-order valence-corrected chi connectivity index (χ1v) is 9.74. The van der Waals surface area contributed by atoms with Crippen LogP contribution in [0.25, 0.3) is 33.7 Å². The largest absolute Gasteiger partial charge is 0.497 e. The Morgan fingerprint density at radius 1 is 1.03 bits per heavy atom. The summed E-state index contributed by atoms with van der Waals surface area (Å²) < 4.78 is 18.1. The number of rotatable bonds is 4. The summed E-state index contributed by atoms with van der Waals surface area (Å²) in [5.74, 6) is 1.21. The summed E-state index contributed by atoms with van der Waals surface area (Å²) in [6, 6.07) is 17.4. The van der Waals surface area contributed by atoms with Gasteiger partial charge in [-0.1, -0.05) is 30.3 Å². The molecule has 3 aromatic heterocycles. The van der Waals surface area contributed by atoms with Crippen molar-refractivity contribution >= 4 is 22.1 Å². The highest BCUT2D eigenvalue weighted by atomic mass is 16.5. The van der Waals surface area contributed by atoms with Crippen LogP contribution in [0.5, 0.6) is 5.75 Å². The van der Waals surface area contributed by atoms with Crippen molar-refractivity contribution < 1.29 is 13.6 Å². The third-order valence-electron chi connectivity index (χ3n) is 5.36. The fraction of sp³-hybridized carbons (Fsp3) is 0.125. The third-order valence-corrected chi connectivity index (χ3v) is 5.36. The molecule has 0 saturated heterocycles. The van der Waals surface area contributed by atoms with E-state index in [1.807, 2.05) is 37.3 Å². The molecule has 0 N–H and O–H groups in total. The minimum atomic E-state index is -0.487. The number of ether oxygens (including phenoxy) is 1. The van der Waals surface area contributed by atoms with Gasteiger partial charge in [0.15, 0.2) is 17.0 Å². The maximum absolute atomic E-state index is 13.6. The maximum atomic E-state index is 13.6. The average Bonchev–Trinajstić information content (AvgIpc) is 3.33. The summed E-state index contributed by atoms with van der Waals surface area (Å²) in [6.07, 6.45) is 1.50. The number of nitrogens with zero attached hydrogens (tertiary/aromatic N) is 2. The number of hydrogen-bond acceptors (Lipinski definition) is 6. The summed E-state index contributed by atoms with van der Waals surface area (Å²) in [5.41, 5.74) is 0.228. The molecule has 0 fully saturated rings. The fourth-order valence-corrected chi connectivity index (χ4v) is 3.74. The van der Waals surface area contributed by atoms with E-state index >= 15 is 0 Å². The van der Waals surface area contributed by atoms with Gasteiger partial charge >= 0.3 is 0 Å². The molecule has 0 aliphatic heterocycles. The first kappa shape index (κ1) is 18.9. The highest BCUT2D eigenvalue weighted by molar-refractivity contribution is 5.88. The fourth-order valence-electron chi connectivity index (χ4n) is 3.74. The third kappa shape index (κ3) is 3.02. The van der Waals surface area contributed by atoms with Crippen LogP contribution < -0.4 is 15.7 Å². The lowest BCUT2D eigenvalue weighted by Crippen LogP contribution is -2.30. The molecule has 7 heteroatoms. The van der Waals surface area contributed by atoms with Crippen molar-refractivity contribution in [3.63, 3.8) is 0 Å². The van der Waals surface area contributed by atoms with Crippen molar-refractivity contribution in [2.24, 2.45) is 0 Å². The van der Waals surface area contributed by atoms with Gasteiger partial charge in [0.2, 0.25) is 11.1 Å². The van der Waals surface area contributed by atoms with Gasteiger partial charge in [0.05, 0.1) is 24.8 Å². The highest BCUT2D eigenvalue weighted by Gasteiger charge is 2.23. The van der Waals surface area contributed by atoms with Crippen molar-refractivity contribution in [1.29, 1.82) is 0 Å². The molecule has 0 saturated carbocycles. The van der Waals surface area contributed by atoms with Gasteiger partial charge in [-0.15, -0.1) is 0 Å². The highest BCUT2D eigenvalue weighted by Crippen LogP contribution is 2.27. The predicted octanol–water partition coefficient (Wildman–Crippen LogP) is 4.38. The van der Waals surface area contributed by atoms with E-state index in [2.05, 4.69) is 4.98 Å². The summed E-state index contributed by atoms with van der Waals surface area (Å²) in [4.78, 5) is 31.4. The van der Waals surface area contributed by atoms with Crippen molar-refractivity contribution in [3.8, 4) is 17.3 Å². The Morgan fingerprint density at radius 2 is 1.84 bits per heavy atom. The van der Waals surface area contributed by atoms with Gasteiger partial charge in [-0.05, 0) is 36.8 Å². The number of furan rings is 1. The van der Waals surface area contributed by atoms with Gasteiger partial charge in [-0.2, -0.15) is 4.98 Å². The normalized spacial score (nSPS) is 12.3. The molecule has 0 radical (unpaired) electrons. The average molecular weight is 414 g/mol. The quantitative estimate of drug-likeness (QED) is 0.406. The van der Waals surface area contributed by atoms with Gasteiger partial charge in [-0.3, -0.25) is 14.2 Å². The van der Waals surface area contributed by atoms with Crippen LogP contribution in [0.2, 0.25) is 0 Å². The zero-order chi connectivity index (χ0) is 21.5. The van der Waals surface area contributed by atoms with Gasteiger partial charge in [-0.25, -0.2) is 0 Å². The SMILES string of the molecule is COc1ccc2c(=O)c3c(=O)n(C(C)c4ccccc4)c(-c4ccco4)nc3oc2c1. The monoisotopic (exact) mass is 414 g/mol. The van der Waals surface area contributed by atoms with Crippen molar-refractivity contribution in [2.45, 2.75) is 13.0 Å². The maximum Gasteiger partial charge on any atom is 0.269 e. The summed E-state index contributed by atoms with van der Waals surface area (Å²) in [5, 5.41) is 0.188. The van der Waals surface area contributed by atoms with Gasteiger partial charge in [0.1, 0.15) is 11.3 Å². The molecule has 1 atom stereocenters. The van der Waals surface area contributed by atoms with E-state index in [1.54, 1.807) is 30.3 Å². The molecule has 154 valence electrons. The molecule has 2 aromatic carbocycles. The smallest absolute Gasteiger partial charge is 0.269 e. The molecule has 0 aliphatic rings. The first-order chi connectivity index (χ1) is 15.1. The number of fused-ring (bicyclic) bond motifs is 2. The van der Waals surface area contributed by atoms with E-state index in [1.165, 1.54) is 17.9 Å². The number of benzene rings is 2. The van der Waals surface area contributed by atoms with E-state index in [-0.39, 0.29) is 22.3 Å².